The second kappa shape index (κ2) is 5.61. The molecule has 0 aliphatic carbocycles. The Kier molecular flexibility index (Phi) is 4.17. The highest BCUT2D eigenvalue weighted by Crippen LogP contribution is 2.46. The van der Waals surface area contributed by atoms with Crippen molar-refractivity contribution in [2.45, 2.75) is 16.6 Å². The molecule has 0 saturated carbocycles. The third-order valence-corrected chi connectivity index (χ3v) is 8.46. The van der Waals surface area contributed by atoms with Crippen LogP contribution >= 0.6 is 46.7 Å². The predicted molar refractivity (Wildman–Crippen MR) is 88.3 cm³/mol. The van der Waals surface area contributed by atoms with E-state index in [2.05, 4.69) is 0 Å². The third-order valence-electron chi connectivity index (χ3n) is 3.10. The van der Waals surface area contributed by atoms with Crippen molar-refractivity contribution in [1.82, 2.24) is 0 Å². The number of halogens is 2. The molecule has 0 spiro atoms. The highest BCUT2D eigenvalue weighted by molar-refractivity contribution is 8.20. The molecule has 0 fully saturated rings. The molecule has 0 radical (unpaired) electrons. The Balaban J connectivity index is 1.91. The molecule has 0 N–H and O–H groups in total. The molecule has 0 amide bonds. The van der Waals surface area contributed by atoms with Crippen LogP contribution in [0.4, 0.5) is 0 Å². The van der Waals surface area contributed by atoms with Crippen LogP contribution in [0, 0.1) is 0 Å². The molecule has 3 rings (SSSR count). The zero-order valence-electron chi connectivity index (χ0n) is 10.2. The summed E-state index contributed by atoms with van der Waals surface area (Å²) >= 11 is 14.9. The Hall–Kier alpha value is -0.0700. The van der Waals surface area contributed by atoms with E-state index in [1.54, 1.807) is 23.9 Å². The molecule has 106 valence electrons. The first kappa shape index (κ1) is 14.9. The second-order valence-corrected chi connectivity index (χ2v) is 9.69. The quantitative estimate of drug-likeness (QED) is 0.758. The first-order chi connectivity index (χ1) is 9.47. The number of rotatable bonds is 2. The standard InChI is InChI=1S/C13H10Cl2O2S3/c14-8-1-2-12(10(15)7-8)19-11-3-5-18-13-9(11)4-6-20(13,16)17/h1-3,5,7,11H,4,6H2. The molecule has 7 heteroatoms. The Labute approximate surface area is 136 Å². The van der Waals surface area contributed by atoms with Gasteiger partial charge < -0.3 is 0 Å². The lowest BCUT2D eigenvalue weighted by molar-refractivity contribution is 0.606. The maximum Gasteiger partial charge on any atom is 0.184 e. The smallest absolute Gasteiger partial charge is 0.184 e. The van der Waals surface area contributed by atoms with Crippen molar-refractivity contribution in [3.8, 4) is 0 Å². The molecule has 0 aromatic heterocycles. The molecule has 1 unspecified atom stereocenters. The van der Waals surface area contributed by atoms with Gasteiger partial charge in [-0.3, -0.25) is 0 Å². The summed E-state index contributed by atoms with van der Waals surface area (Å²) in [6.45, 7) is 0. The van der Waals surface area contributed by atoms with Gasteiger partial charge in [-0.2, -0.15) is 0 Å². The van der Waals surface area contributed by atoms with E-state index in [1.165, 1.54) is 11.8 Å². The van der Waals surface area contributed by atoms with Crippen LogP contribution in [0.15, 0.2) is 44.4 Å². The fourth-order valence-electron chi connectivity index (χ4n) is 2.15. The SMILES string of the molecule is O=S1(=O)CCC2=C1SC=CC2Sc1ccc(Cl)cc1Cl. The molecular weight excluding hydrogens is 355 g/mol. The van der Waals surface area contributed by atoms with Crippen LogP contribution in [0.3, 0.4) is 0 Å². The molecular formula is C13H10Cl2O2S3. The minimum absolute atomic E-state index is 0.0298. The van der Waals surface area contributed by atoms with Gasteiger partial charge in [0.1, 0.15) is 4.24 Å². The number of hydrogen-bond acceptors (Lipinski definition) is 4. The van der Waals surface area contributed by atoms with E-state index >= 15 is 0 Å². The van der Waals surface area contributed by atoms with E-state index in [0.717, 1.165) is 10.5 Å². The summed E-state index contributed by atoms with van der Waals surface area (Å²) < 4.78 is 24.4. The van der Waals surface area contributed by atoms with Gasteiger partial charge in [-0.05, 0) is 35.6 Å². The zero-order valence-corrected chi connectivity index (χ0v) is 14.1. The molecule has 2 aliphatic rings. The van der Waals surface area contributed by atoms with E-state index in [4.69, 9.17) is 23.2 Å². The Bertz CT molecular complexity index is 723. The van der Waals surface area contributed by atoms with E-state index in [1.807, 2.05) is 17.6 Å². The lowest BCUT2D eigenvalue weighted by atomic mass is 10.1. The fraction of sp³-hybridized carbons (Fsp3) is 0.231. The summed E-state index contributed by atoms with van der Waals surface area (Å²) in [7, 11) is -3.07. The van der Waals surface area contributed by atoms with Crippen LogP contribution in [0.2, 0.25) is 10.0 Å². The summed E-state index contributed by atoms with van der Waals surface area (Å²) in [6, 6.07) is 5.36. The highest BCUT2D eigenvalue weighted by atomic mass is 35.5. The predicted octanol–water partition coefficient (Wildman–Crippen LogP) is 4.74. The first-order valence-corrected chi connectivity index (χ1v) is 10.0. The molecule has 2 aliphatic heterocycles. The number of hydrogen-bond donors (Lipinski definition) is 0. The Morgan fingerprint density at radius 2 is 2.10 bits per heavy atom. The molecule has 0 saturated heterocycles. The normalized spacial score (nSPS) is 24.0. The average Bonchev–Trinajstić information content (AvgIpc) is 2.70. The lowest BCUT2D eigenvalue weighted by Gasteiger charge is -2.19. The molecule has 1 atom stereocenters. The molecule has 1 aromatic carbocycles. The third kappa shape index (κ3) is 2.79. The zero-order chi connectivity index (χ0) is 14.3. The van der Waals surface area contributed by atoms with Gasteiger partial charge in [0.2, 0.25) is 0 Å². The monoisotopic (exact) mass is 364 g/mol. The van der Waals surface area contributed by atoms with Crippen molar-refractivity contribution in [3.05, 3.63) is 49.5 Å². The van der Waals surface area contributed by atoms with Crippen molar-refractivity contribution in [2.75, 3.05) is 5.75 Å². The van der Waals surface area contributed by atoms with Crippen LogP contribution in [0.25, 0.3) is 0 Å². The van der Waals surface area contributed by atoms with E-state index in [9.17, 15) is 8.42 Å². The minimum atomic E-state index is -3.07. The van der Waals surface area contributed by atoms with E-state index in [0.29, 0.717) is 20.7 Å². The molecule has 2 nitrogen and oxygen atoms in total. The summed E-state index contributed by atoms with van der Waals surface area (Å²) in [6.07, 6.45) is 2.64. The fourth-order valence-corrected chi connectivity index (χ4v) is 7.12. The van der Waals surface area contributed by atoms with E-state index < -0.39 is 9.84 Å². The Morgan fingerprint density at radius 3 is 2.85 bits per heavy atom. The van der Waals surface area contributed by atoms with Gasteiger partial charge in [0.15, 0.2) is 9.84 Å². The van der Waals surface area contributed by atoms with Crippen molar-refractivity contribution >= 4 is 56.6 Å². The summed E-state index contributed by atoms with van der Waals surface area (Å²) in [5.41, 5.74) is 0.994. The first-order valence-electron chi connectivity index (χ1n) is 5.88. The van der Waals surface area contributed by atoms with Gasteiger partial charge in [-0.1, -0.05) is 41.0 Å². The average molecular weight is 365 g/mol. The summed E-state index contributed by atoms with van der Waals surface area (Å²) in [5, 5.41) is 3.07. The minimum Gasteiger partial charge on any atom is -0.223 e. The highest BCUT2D eigenvalue weighted by Gasteiger charge is 2.35. The molecule has 2 heterocycles. The second-order valence-electron chi connectivity index (χ2n) is 4.44. The Morgan fingerprint density at radius 1 is 1.30 bits per heavy atom. The van der Waals surface area contributed by atoms with Crippen molar-refractivity contribution in [1.29, 1.82) is 0 Å². The van der Waals surface area contributed by atoms with Crippen molar-refractivity contribution in [2.24, 2.45) is 0 Å². The van der Waals surface area contributed by atoms with Gasteiger partial charge >= 0.3 is 0 Å². The number of thioether (sulfide) groups is 2. The van der Waals surface area contributed by atoms with Gasteiger partial charge in [-0.15, -0.1) is 11.8 Å². The van der Waals surface area contributed by atoms with Crippen molar-refractivity contribution in [3.63, 3.8) is 0 Å². The molecule has 20 heavy (non-hydrogen) atoms. The van der Waals surface area contributed by atoms with Gasteiger partial charge in [0, 0.05) is 9.92 Å². The number of sulfone groups is 1. The van der Waals surface area contributed by atoms with Crippen LogP contribution in [0.1, 0.15) is 6.42 Å². The molecule has 1 aromatic rings. The maximum absolute atomic E-state index is 11.9. The maximum atomic E-state index is 11.9. The van der Waals surface area contributed by atoms with Gasteiger partial charge in [0.05, 0.1) is 16.0 Å². The van der Waals surface area contributed by atoms with Crippen LogP contribution in [-0.2, 0) is 9.84 Å². The largest absolute Gasteiger partial charge is 0.223 e. The van der Waals surface area contributed by atoms with Crippen LogP contribution in [0.5, 0.6) is 0 Å². The van der Waals surface area contributed by atoms with E-state index in [-0.39, 0.29) is 11.0 Å². The summed E-state index contributed by atoms with van der Waals surface area (Å²) in [5.74, 6) is 0.220. The topological polar surface area (TPSA) is 34.1 Å². The van der Waals surface area contributed by atoms with Gasteiger partial charge in [-0.25, -0.2) is 8.42 Å². The van der Waals surface area contributed by atoms with Crippen LogP contribution < -0.4 is 0 Å². The van der Waals surface area contributed by atoms with Gasteiger partial charge in [0.25, 0.3) is 0 Å². The van der Waals surface area contributed by atoms with Crippen LogP contribution in [-0.4, -0.2) is 19.4 Å². The molecule has 0 bridgehead atoms. The van der Waals surface area contributed by atoms with Crippen molar-refractivity contribution < 1.29 is 8.42 Å². The number of benzene rings is 1. The summed E-state index contributed by atoms with van der Waals surface area (Å²) in [4.78, 5) is 0.911. The lowest BCUT2D eigenvalue weighted by Crippen LogP contribution is -2.06.